The standard InChI is InChI=1S/C14H17NO4S/c1-9-2-4-11(5-3-9)20(18,19)15-8-10-6-12(14(16)17)13(15)7-10/h2-5,10,12-13H,6-8H2,1H3,(H,16,17). The van der Waals surface area contributed by atoms with Crippen LogP contribution in [0.5, 0.6) is 0 Å². The zero-order valence-electron chi connectivity index (χ0n) is 11.2. The van der Waals surface area contributed by atoms with Crippen molar-refractivity contribution >= 4 is 16.0 Å². The number of carboxylic acid groups (broad SMARTS) is 1. The van der Waals surface area contributed by atoms with Crippen molar-refractivity contribution in [2.45, 2.75) is 30.7 Å². The number of carbonyl (C=O) groups is 1. The lowest BCUT2D eigenvalue weighted by molar-refractivity contribution is -0.143. The van der Waals surface area contributed by atoms with Gasteiger partial charge in [-0.05, 0) is 37.8 Å². The predicted octanol–water partition coefficient (Wildman–Crippen LogP) is 1.48. The fraction of sp³-hybridized carbons (Fsp3) is 0.500. The molecule has 20 heavy (non-hydrogen) atoms. The lowest BCUT2D eigenvalue weighted by atomic mass is 10.0. The molecule has 2 aliphatic rings. The number of piperidine rings is 1. The number of aryl methyl sites for hydroxylation is 1. The quantitative estimate of drug-likeness (QED) is 0.916. The summed E-state index contributed by atoms with van der Waals surface area (Å²) in [6.45, 7) is 2.35. The van der Waals surface area contributed by atoms with Crippen LogP contribution in [0.4, 0.5) is 0 Å². The molecule has 3 rings (SSSR count). The molecule has 1 aliphatic carbocycles. The van der Waals surface area contributed by atoms with Crippen molar-refractivity contribution in [3.63, 3.8) is 0 Å². The first kappa shape index (κ1) is 13.6. The van der Waals surface area contributed by atoms with Crippen LogP contribution < -0.4 is 0 Å². The summed E-state index contributed by atoms with van der Waals surface area (Å²) in [5.74, 6) is -1.27. The van der Waals surface area contributed by atoms with Crippen molar-refractivity contribution in [3.05, 3.63) is 29.8 Å². The van der Waals surface area contributed by atoms with Crippen LogP contribution in [0.1, 0.15) is 18.4 Å². The van der Waals surface area contributed by atoms with Gasteiger partial charge in [-0.3, -0.25) is 4.79 Å². The van der Waals surface area contributed by atoms with E-state index in [1.54, 1.807) is 24.3 Å². The highest BCUT2D eigenvalue weighted by Crippen LogP contribution is 2.44. The number of sulfonamides is 1. The van der Waals surface area contributed by atoms with Crippen LogP contribution in [0.25, 0.3) is 0 Å². The number of hydrogen-bond acceptors (Lipinski definition) is 3. The van der Waals surface area contributed by atoms with Gasteiger partial charge in [0, 0.05) is 12.6 Å². The lowest BCUT2D eigenvalue weighted by Gasteiger charge is -2.30. The maximum Gasteiger partial charge on any atom is 0.308 e. The second-order valence-electron chi connectivity index (χ2n) is 5.74. The molecule has 1 saturated carbocycles. The Bertz CT molecular complexity index is 638. The molecule has 2 fully saturated rings. The Morgan fingerprint density at radius 2 is 1.90 bits per heavy atom. The van der Waals surface area contributed by atoms with Gasteiger partial charge >= 0.3 is 5.97 Å². The molecule has 1 aromatic carbocycles. The maximum absolute atomic E-state index is 12.6. The first-order valence-electron chi connectivity index (χ1n) is 6.71. The van der Waals surface area contributed by atoms with Crippen molar-refractivity contribution in [1.82, 2.24) is 4.31 Å². The Morgan fingerprint density at radius 3 is 2.45 bits per heavy atom. The van der Waals surface area contributed by atoms with Gasteiger partial charge < -0.3 is 5.11 Å². The molecule has 0 aromatic heterocycles. The van der Waals surface area contributed by atoms with Crippen LogP contribution in [0.2, 0.25) is 0 Å². The largest absolute Gasteiger partial charge is 0.481 e. The maximum atomic E-state index is 12.6. The third kappa shape index (κ3) is 2.03. The van der Waals surface area contributed by atoms with E-state index in [4.69, 9.17) is 0 Å². The molecule has 3 atom stereocenters. The fourth-order valence-corrected chi connectivity index (χ4v) is 5.11. The van der Waals surface area contributed by atoms with Gasteiger partial charge in [-0.1, -0.05) is 17.7 Å². The number of fused-ring (bicyclic) bond motifs is 2. The van der Waals surface area contributed by atoms with E-state index in [1.807, 2.05) is 6.92 Å². The molecule has 5 nitrogen and oxygen atoms in total. The van der Waals surface area contributed by atoms with Crippen LogP contribution in [0.3, 0.4) is 0 Å². The normalized spacial score (nSPS) is 29.8. The smallest absolute Gasteiger partial charge is 0.308 e. The Labute approximate surface area is 118 Å². The molecule has 3 unspecified atom stereocenters. The molecule has 1 saturated heterocycles. The molecule has 0 amide bonds. The van der Waals surface area contributed by atoms with Crippen molar-refractivity contribution in [2.24, 2.45) is 11.8 Å². The summed E-state index contributed by atoms with van der Waals surface area (Å²) in [4.78, 5) is 11.5. The first-order valence-corrected chi connectivity index (χ1v) is 8.15. The molecule has 6 heteroatoms. The third-order valence-corrected chi connectivity index (χ3v) is 6.28. The fourth-order valence-electron chi connectivity index (χ4n) is 3.36. The van der Waals surface area contributed by atoms with E-state index >= 15 is 0 Å². The average molecular weight is 295 g/mol. The molecule has 108 valence electrons. The number of nitrogens with zero attached hydrogens (tertiary/aromatic N) is 1. The van der Waals surface area contributed by atoms with E-state index in [0.717, 1.165) is 5.56 Å². The minimum Gasteiger partial charge on any atom is -0.481 e. The van der Waals surface area contributed by atoms with E-state index < -0.39 is 21.9 Å². The second-order valence-corrected chi connectivity index (χ2v) is 7.63. The summed E-state index contributed by atoms with van der Waals surface area (Å²) in [5.41, 5.74) is 0.996. The molecular weight excluding hydrogens is 278 g/mol. The van der Waals surface area contributed by atoms with E-state index in [0.29, 0.717) is 19.4 Å². The Balaban J connectivity index is 1.93. The van der Waals surface area contributed by atoms with E-state index in [2.05, 4.69) is 0 Å². The topological polar surface area (TPSA) is 74.7 Å². The summed E-state index contributed by atoms with van der Waals surface area (Å²) in [7, 11) is -3.58. The van der Waals surface area contributed by atoms with Gasteiger partial charge in [0.1, 0.15) is 0 Å². The van der Waals surface area contributed by atoms with E-state index in [-0.39, 0.29) is 16.9 Å². The van der Waals surface area contributed by atoms with Gasteiger partial charge in [-0.15, -0.1) is 0 Å². The second kappa shape index (κ2) is 4.56. The van der Waals surface area contributed by atoms with E-state index in [9.17, 15) is 18.3 Å². The Kier molecular flexibility index (Phi) is 3.10. The summed E-state index contributed by atoms with van der Waals surface area (Å²) < 4.78 is 26.7. The first-order chi connectivity index (χ1) is 9.39. The van der Waals surface area contributed by atoms with Gasteiger partial charge in [-0.2, -0.15) is 4.31 Å². The van der Waals surface area contributed by atoms with Crippen LogP contribution in [-0.2, 0) is 14.8 Å². The molecular formula is C14H17NO4S. The van der Waals surface area contributed by atoms with Crippen molar-refractivity contribution in [3.8, 4) is 0 Å². The zero-order valence-corrected chi connectivity index (χ0v) is 12.0. The van der Waals surface area contributed by atoms with Crippen LogP contribution in [0, 0.1) is 18.8 Å². The summed E-state index contributed by atoms with van der Waals surface area (Å²) in [6, 6.07) is 6.31. The molecule has 0 radical (unpaired) electrons. The molecule has 1 aromatic rings. The van der Waals surface area contributed by atoms with E-state index in [1.165, 1.54) is 4.31 Å². The molecule has 1 heterocycles. The van der Waals surface area contributed by atoms with Crippen LogP contribution in [-0.4, -0.2) is 36.4 Å². The number of carboxylic acids is 1. The minimum atomic E-state index is -3.58. The van der Waals surface area contributed by atoms with Crippen LogP contribution >= 0.6 is 0 Å². The SMILES string of the molecule is Cc1ccc(S(=O)(=O)N2CC3CC(C(=O)O)C2C3)cc1. The number of benzene rings is 1. The summed E-state index contributed by atoms with van der Waals surface area (Å²) in [6.07, 6.45) is 1.27. The highest BCUT2D eigenvalue weighted by Gasteiger charge is 2.52. The highest BCUT2D eigenvalue weighted by atomic mass is 32.2. The lowest BCUT2D eigenvalue weighted by Crippen LogP contribution is -2.44. The third-order valence-electron chi connectivity index (χ3n) is 4.38. The monoisotopic (exact) mass is 295 g/mol. The highest BCUT2D eigenvalue weighted by molar-refractivity contribution is 7.89. The number of aliphatic carboxylic acids is 1. The average Bonchev–Trinajstić information content (AvgIpc) is 2.99. The summed E-state index contributed by atoms with van der Waals surface area (Å²) in [5, 5.41) is 9.20. The van der Waals surface area contributed by atoms with Gasteiger partial charge in [0.2, 0.25) is 10.0 Å². The van der Waals surface area contributed by atoms with Crippen molar-refractivity contribution < 1.29 is 18.3 Å². The Morgan fingerprint density at radius 1 is 1.25 bits per heavy atom. The van der Waals surface area contributed by atoms with Crippen molar-refractivity contribution in [2.75, 3.05) is 6.54 Å². The van der Waals surface area contributed by atoms with Crippen molar-refractivity contribution in [1.29, 1.82) is 0 Å². The van der Waals surface area contributed by atoms with Gasteiger partial charge in [-0.25, -0.2) is 8.42 Å². The predicted molar refractivity (Wildman–Crippen MR) is 72.7 cm³/mol. The van der Waals surface area contributed by atoms with Gasteiger partial charge in [0.25, 0.3) is 0 Å². The summed E-state index contributed by atoms with van der Waals surface area (Å²) >= 11 is 0. The Hall–Kier alpha value is -1.40. The van der Waals surface area contributed by atoms with Gasteiger partial charge in [0.05, 0.1) is 10.8 Å². The molecule has 0 spiro atoms. The molecule has 2 bridgehead atoms. The minimum absolute atomic E-state index is 0.182. The number of hydrogen-bond donors (Lipinski definition) is 1. The van der Waals surface area contributed by atoms with Gasteiger partial charge in [0.15, 0.2) is 0 Å². The number of rotatable bonds is 3. The van der Waals surface area contributed by atoms with Crippen LogP contribution in [0.15, 0.2) is 29.2 Å². The molecule has 1 N–H and O–H groups in total. The molecule has 1 aliphatic heterocycles. The zero-order chi connectivity index (χ0) is 14.5.